The monoisotopic (exact) mass is 351 g/mol. The molecule has 1 heterocycles. The van der Waals surface area contributed by atoms with Gasteiger partial charge in [-0.3, -0.25) is 0 Å². The Bertz CT molecular complexity index is 813. The van der Waals surface area contributed by atoms with Crippen molar-refractivity contribution in [2.24, 2.45) is 0 Å². The van der Waals surface area contributed by atoms with Gasteiger partial charge in [-0.15, -0.1) is 0 Å². The number of hydrogen-bond donors (Lipinski definition) is 1. The molecule has 0 saturated carbocycles. The van der Waals surface area contributed by atoms with Gasteiger partial charge < -0.3 is 9.67 Å². The van der Waals surface area contributed by atoms with Gasteiger partial charge in [-0.1, -0.05) is 18.2 Å². The fourth-order valence-electron chi connectivity index (χ4n) is 2.46. The lowest BCUT2D eigenvalue weighted by atomic mass is 10.2. The summed E-state index contributed by atoms with van der Waals surface area (Å²) in [6.45, 7) is -0.0470. The Hall–Kier alpha value is -1.72. The Morgan fingerprint density at radius 3 is 2.62 bits per heavy atom. The topological polar surface area (TPSA) is 25.2 Å². The maximum Gasteiger partial charge on any atom is 0.145 e. The maximum absolute atomic E-state index is 14.1. The third-order valence-corrected chi connectivity index (χ3v) is 4.12. The molecule has 0 bridgehead atoms. The molecule has 21 heavy (non-hydrogen) atoms. The second-order valence-corrected chi connectivity index (χ2v) is 5.63. The quantitative estimate of drug-likeness (QED) is 0.702. The molecule has 5 heteroatoms. The summed E-state index contributed by atoms with van der Waals surface area (Å²) < 4.78 is 29.9. The Morgan fingerprint density at radius 2 is 1.86 bits per heavy atom. The first-order chi connectivity index (χ1) is 10.1. The molecule has 0 aliphatic rings. The molecule has 3 aromatic rings. The number of aromatic nitrogens is 1. The molecule has 0 fully saturated rings. The van der Waals surface area contributed by atoms with E-state index in [1.807, 2.05) is 24.3 Å². The number of benzene rings is 2. The third-order valence-electron chi connectivity index (χ3n) is 3.51. The van der Waals surface area contributed by atoms with E-state index in [1.165, 1.54) is 12.1 Å². The summed E-state index contributed by atoms with van der Waals surface area (Å²) in [4.78, 5) is 0. The zero-order valence-corrected chi connectivity index (χ0v) is 12.6. The molecule has 3 rings (SSSR count). The van der Waals surface area contributed by atoms with Gasteiger partial charge in [0.15, 0.2) is 0 Å². The highest BCUT2D eigenvalue weighted by atomic mass is 79.9. The van der Waals surface area contributed by atoms with Crippen LogP contribution in [0.3, 0.4) is 0 Å². The largest absolute Gasteiger partial charge is 0.392 e. The predicted octanol–water partition coefficient (Wildman–Crippen LogP) is 4.22. The highest BCUT2D eigenvalue weighted by Crippen LogP contribution is 2.26. The molecule has 2 aromatic carbocycles. The Balaban J connectivity index is 2.13. The van der Waals surface area contributed by atoms with Gasteiger partial charge in [-0.05, 0) is 34.1 Å². The first-order valence-corrected chi connectivity index (χ1v) is 7.21. The summed E-state index contributed by atoms with van der Waals surface area (Å²) in [5.41, 5.74) is 1.57. The molecule has 0 atom stereocenters. The summed E-state index contributed by atoms with van der Waals surface area (Å²) >= 11 is 3.07. The van der Waals surface area contributed by atoms with Gasteiger partial charge in [0.1, 0.15) is 11.6 Å². The lowest BCUT2D eigenvalue weighted by molar-refractivity contribution is 0.283. The zero-order valence-electron chi connectivity index (χ0n) is 11.0. The van der Waals surface area contributed by atoms with E-state index in [4.69, 9.17) is 0 Å². The zero-order chi connectivity index (χ0) is 15.0. The van der Waals surface area contributed by atoms with Crippen LogP contribution in [-0.4, -0.2) is 9.67 Å². The summed E-state index contributed by atoms with van der Waals surface area (Å²) in [5.74, 6) is -1.18. The van der Waals surface area contributed by atoms with Crippen molar-refractivity contribution < 1.29 is 13.9 Å². The smallest absolute Gasteiger partial charge is 0.145 e. The molecule has 0 amide bonds. The van der Waals surface area contributed by atoms with E-state index in [-0.39, 0.29) is 23.2 Å². The molecule has 0 spiro atoms. The maximum atomic E-state index is 14.1. The molecule has 0 radical (unpaired) electrons. The minimum absolute atomic E-state index is 0.00498. The average Bonchev–Trinajstić information content (AvgIpc) is 2.86. The molecular formula is C16H12BrF2NO. The molecule has 0 saturated heterocycles. The first-order valence-electron chi connectivity index (χ1n) is 6.42. The highest BCUT2D eigenvalue weighted by molar-refractivity contribution is 9.10. The van der Waals surface area contributed by atoms with Gasteiger partial charge in [0, 0.05) is 28.2 Å². The number of hydrogen-bond acceptors (Lipinski definition) is 1. The van der Waals surface area contributed by atoms with Crippen LogP contribution in [0.15, 0.2) is 47.1 Å². The van der Waals surface area contributed by atoms with E-state index in [0.29, 0.717) is 0 Å². The summed E-state index contributed by atoms with van der Waals surface area (Å²) in [6, 6.07) is 10.1. The number of aliphatic hydroxyl groups excluding tert-OH is 1. The van der Waals surface area contributed by atoms with Crippen LogP contribution in [0.4, 0.5) is 8.78 Å². The Morgan fingerprint density at radius 1 is 1.10 bits per heavy atom. The molecule has 0 aliphatic carbocycles. The molecule has 2 nitrogen and oxygen atoms in total. The van der Waals surface area contributed by atoms with Crippen molar-refractivity contribution in [1.82, 2.24) is 4.57 Å². The van der Waals surface area contributed by atoms with E-state index in [2.05, 4.69) is 15.9 Å². The highest BCUT2D eigenvalue weighted by Gasteiger charge is 2.15. The fraction of sp³-hybridized carbons (Fsp3) is 0.125. The Kier molecular flexibility index (Phi) is 3.78. The summed E-state index contributed by atoms with van der Waals surface area (Å²) in [5, 5.41) is 10.3. The molecule has 108 valence electrons. The lowest BCUT2D eigenvalue weighted by Gasteiger charge is -2.09. The number of fused-ring (bicyclic) bond motifs is 1. The fourth-order valence-corrected chi connectivity index (χ4v) is 2.84. The van der Waals surface area contributed by atoms with Gasteiger partial charge >= 0.3 is 0 Å². The molecule has 1 aromatic heterocycles. The minimum Gasteiger partial charge on any atom is -0.392 e. The van der Waals surface area contributed by atoms with Crippen molar-refractivity contribution in [3.05, 3.63) is 69.8 Å². The second kappa shape index (κ2) is 5.58. The standard InChI is InChI=1S/C16H12BrF2NO/c17-13-5-6-14(18)12(16(13)19)8-20-7-10(9-21)11-3-1-2-4-15(11)20/h1-7,21H,8-9H2. The van der Waals surface area contributed by atoms with Gasteiger partial charge in [0.05, 0.1) is 17.6 Å². The lowest BCUT2D eigenvalue weighted by Crippen LogP contribution is -2.04. The van der Waals surface area contributed by atoms with E-state index in [1.54, 1.807) is 10.8 Å². The van der Waals surface area contributed by atoms with Gasteiger partial charge in [-0.25, -0.2) is 8.78 Å². The van der Waals surface area contributed by atoms with Crippen LogP contribution in [0.5, 0.6) is 0 Å². The van der Waals surface area contributed by atoms with Crippen molar-refractivity contribution in [2.75, 3.05) is 0 Å². The van der Waals surface area contributed by atoms with Crippen molar-refractivity contribution in [3.8, 4) is 0 Å². The van der Waals surface area contributed by atoms with Crippen LogP contribution in [0, 0.1) is 11.6 Å². The van der Waals surface area contributed by atoms with Gasteiger partial charge in [0.2, 0.25) is 0 Å². The van der Waals surface area contributed by atoms with Crippen LogP contribution < -0.4 is 0 Å². The number of para-hydroxylation sites is 1. The van der Waals surface area contributed by atoms with Crippen LogP contribution in [0.2, 0.25) is 0 Å². The third kappa shape index (κ3) is 2.47. The van der Waals surface area contributed by atoms with E-state index < -0.39 is 11.6 Å². The van der Waals surface area contributed by atoms with E-state index in [9.17, 15) is 13.9 Å². The van der Waals surface area contributed by atoms with Crippen LogP contribution in [0.1, 0.15) is 11.1 Å². The van der Waals surface area contributed by atoms with Crippen molar-refractivity contribution >= 4 is 26.8 Å². The average molecular weight is 352 g/mol. The van der Waals surface area contributed by atoms with Crippen LogP contribution >= 0.6 is 15.9 Å². The second-order valence-electron chi connectivity index (χ2n) is 4.78. The normalized spacial score (nSPS) is 11.2. The van der Waals surface area contributed by atoms with Crippen LogP contribution in [0.25, 0.3) is 10.9 Å². The number of rotatable bonds is 3. The molecular weight excluding hydrogens is 340 g/mol. The SMILES string of the molecule is OCc1cn(Cc2c(F)ccc(Br)c2F)c2ccccc12. The molecule has 0 aliphatic heterocycles. The summed E-state index contributed by atoms with van der Waals surface area (Å²) in [6.07, 6.45) is 1.73. The summed E-state index contributed by atoms with van der Waals surface area (Å²) in [7, 11) is 0. The van der Waals surface area contributed by atoms with Crippen molar-refractivity contribution in [2.45, 2.75) is 13.2 Å². The molecule has 0 unspecified atom stereocenters. The molecule has 1 N–H and O–H groups in total. The first kappa shape index (κ1) is 14.2. The van der Waals surface area contributed by atoms with E-state index >= 15 is 0 Å². The number of aliphatic hydroxyl groups is 1. The van der Waals surface area contributed by atoms with Crippen LogP contribution in [-0.2, 0) is 13.2 Å². The number of halogens is 3. The van der Waals surface area contributed by atoms with Gasteiger partial charge in [0.25, 0.3) is 0 Å². The van der Waals surface area contributed by atoms with Crippen molar-refractivity contribution in [1.29, 1.82) is 0 Å². The minimum atomic E-state index is -0.599. The van der Waals surface area contributed by atoms with Crippen molar-refractivity contribution in [3.63, 3.8) is 0 Å². The predicted molar refractivity (Wildman–Crippen MR) is 81.0 cm³/mol. The Labute approximate surface area is 128 Å². The van der Waals surface area contributed by atoms with Gasteiger partial charge in [-0.2, -0.15) is 0 Å². The number of nitrogens with zero attached hydrogens (tertiary/aromatic N) is 1. The van der Waals surface area contributed by atoms with E-state index in [0.717, 1.165) is 16.5 Å².